The predicted octanol–water partition coefficient (Wildman–Crippen LogP) is 3.43. The van der Waals surface area contributed by atoms with E-state index in [1.807, 2.05) is 35.2 Å². The van der Waals surface area contributed by atoms with E-state index < -0.39 is 0 Å². The Morgan fingerprint density at radius 1 is 1.27 bits per heavy atom. The fourth-order valence-electron chi connectivity index (χ4n) is 3.26. The van der Waals surface area contributed by atoms with Crippen LogP contribution in [-0.2, 0) is 0 Å². The average Bonchev–Trinajstić information content (AvgIpc) is 2.55. The van der Waals surface area contributed by atoms with Gasteiger partial charge in [0.15, 0.2) is 0 Å². The zero-order chi connectivity index (χ0) is 15.5. The lowest BCUT2D eigenvalue weighted by Crippen LogP contribution is -2.50. The quantitative estimate of drug-likeness (QED) is 0.892. The van der Waals surface area contributed by atoms with E-state index in [1.54, 1.807) is 0 Å². The molecule has 0 aliphatic carbocycles. The average molecular weight is 297 g/mol. The number of carbonyl (C=O) groups excluding carboxylic acids is 1. The molecule has 0 saturated carbocycles. The number of carbonyl (C=O) groups is 1. The minimum atomic E-state index is -0.0429. The number of amides is 2. The first-order valence-corrected chi connectivity index (χ1v) is 7.94. The monoisotopic (exact) mass is 297 g/mol. The molecule has 1 fully saturated rings. The lowest BCUT2D eigenvalue weighted by molar-refractivity contribution is 0.145. The normalized spacial score (nSPS) is 21.8. The number of anilines is 1. The maximum atomic E-state index is 12.6. The highest BCUT2D eigenvalue weighted by Gasteiger charge is 2.29. The number of nitrogens with one attached hydrogen (secondary N) is 1. The first-order chi connectivity index (χ1) is 10.7. The third-order valence-corrected chi connectivity index (χ3v) is 4.54. The largest absolute Gasteiger partial charge is 0.328 e. The Morgan fingerprint density at radius 3 is 2.86 bits per heavy atom. The van der Waals surface area contributed by atoms with Gasteiger partial charge >= 0.3 is 6.03 Å². The highest BCUT2D eigenvalue weighted by Crippen LogP contribution is 2.26. The van der Waals surface area contributed by atoms with Crippen LogP contribution in [0.4, 0.5) is 10.5 Å². The van der Waals surface area contributed by atoms with Crippen LogP contribution in [0.1, 0.15) is 19.8 Å². The van der Waals surface area contributed by atoms with Gasteiger partial charge < -0.3 is 16.0 Å². The second-order valence-electron chi connectivity index (χ2n) is 6.17. The van der Waals surface area contributed by atoms with Crippen molar-refractivity contribution < 1.29 is 4.79 Å². The van der Waals surface area contributed by atoms with Gasteiger partial charge in [-0.1, -0.05) is 43.3 Å². The number of benzene rings is 2. The predicted molar refractivity (Wildman–Crippen MR) is 90.9 cm³/mol. The number of fused-ring (bicyclic) bond motifs is 1. The van der Waals surface area contributed by atoms with Crippen LogP contribution in [0.5, 0.6) is 0 Å². The van der Waals surface area contributed by atoms with Crippen LogP contribution in [-0.4, -0.2) is 30.1 Å². The molecule has 1 aliphatic heterocycles. The van der Waals surface area contributed by atoms with Gasteiger partial charge in [0.1, 0.15) is 0 Å². The molecule has 2 aromatic rings. The standard InChI is InChI=1S/C18H23N3O/c1-13-9-10-21(15(11-13)12-19)18(22)20-17-8-4-6-14-5-2-3-7-16(14)17/h2-8,13,15H,9-12,19H2,1H3,(H,20,22). The summed E-state index contributed by atoms with van der Waals surface area (Å²) in [5, 5.41) is 5.26. The zero-order valence-electron chi connectivity index (χ0n) is 13.0. The highest BCUT2D eigenvalue weighted by molar-refractivity contribution is 6.01. The molecule has 22 heavy (non-hydrogen) atoms. The van der Waals surface area contributed by atoms with E-state index in [0.29, 0.717) is 12.5 Å². The molecule has 0 bridgehead atoms. The van der Waals surface area contributed by atoms with Crippen LogP contribution in [0, 0.1) is 5.92 Å². The summed E-state index contributed by atoms with van der Waals surface area (Å²) in [6.45, 7) is 3.52. The van der Waals surface area contributed by atoms with E-state index in [9.17, 15) is 4.79 Å². The molecule has 3 rings (SSSR count). The summed E-state index contributed by atoms with van der Waals surface area (Å²) in [6.07, 6.45) is 2.03. The Hall–Kier alpha value is -2.07. The molecule has 2 atom stereocenters. The SMILES string of the molecule is CC1CCN(C(=O)Nc2cccc3ccccc23)C(CN)C1. The topological polar surface area (TPSA) is 58.4 Å². The summed E-state index contributed by atoms with van der Waals surface area (Å²) >= 11 is 0. The molecular formula is C18H23N3O. The summed E-state index contributed by atoms with van der Waals surface area (Å²) in [4.78, 5) is 14.5. The number of nitrogens with zero attached hydrogens (tertiary/aromatic N) is 1. The van der Waals surface area contributed by atoms with E-state index in [1.165, 1.54) is 0 Å². The van der Waals surface area contributed by atoms with Crippen LogP contribution >= 0.6 is 0 Å². The smallest absolute Gasteiger partial charge is 0.322 e. The van der Waals surface area contributed by atoms with E-state index in [4.69, 9.17) is 5.73 Å². The van der Waals surface area contributed by atoms with Gasteiger partial charge in [-0.2, -0.15) is 0 Å². The molecule has 4 nitrogen and oxygen atoms in total. The summed E-state index contributed by atoms with van der Waals surface area (Å²) in [5.41, 5.74) is 6.71. The van der Waals surface area contributed by atoms with Gasteiger partial charge in [-0.05, 0) is 30.2 Å². The number of rotatable bonds is 2. The first-order valence-electron chi connectivity index (χ1n) is 7.94. The van der Waals surface area contributed by atoms with Crippen molar-refractivity contribution in [2.45, 2.75) is 25.8 Å². The fraction of sp³-hybridized carbons (Fsp3) is 0.389. The Kier molecular flexibility index (Phi) is 4.29. The molecule has 0 radical (unpaired) electrons. The Morgan fingerprint density at radius 2 is 2.05 bits per heavy atom. The van der Waals surface area contributed by atoms with Gasteiger partial charge in [-0.25, -0.2) is 4.79 Å². The van der Waals surface area contributed by atoms with Crippen LogP contribution < -0.4 is 11.1 Å². The third kappa shape index (κ3) is 2.92. The van der Waals surface area contributed by atoms with E-state index in [-0.39, 0.29) is 12.1 Å². The molecule has 1 saturated heterocycles. The van der Waals surface area contributed by atoms with E-state index in [0.717, 1.165) is 35.8 Å². The maximum Gasteiger partial charge on any atom is 0.322 e. The third-order valence-electron chi connectivity index (χ3n) is 4.54. The van der Waals surface area contributed by atoms with Crippen molar-refractivity contribution in [2.24, 2.45) is 11.7 Å². The van der Waals surface area contributed by atoms with Gasteiger partial charge in [-0.3, -0.25) is 0 Å². The van der Waals surface area contributed by atoms with Crippen LogP contribution in [0.3, 0.4) is 0 Å². The van der Waals surface area contributed by atoms with Gasteiger partial charge in [0, 0.05) is 24.5 Å². The lowest BCUT2D eigenvalue weighted by atomic mass is 9.93. The van der Waals surface area contributed by atoms with Crippen molar-refractivity contribution in [3.8, 4) is 0 Å². The van der Waals surface area contributed by atoms with Crippen LogP contribution in [0.2, 0.25) is 0 Å². The number of urea groups is 1. The molecule has 1 heterocycles. The van der Waals surface area contributed by atoms with Crippen molar-refractivity contribution in [3.63, 3.8) is 0 Å². The molecule has 2 amide bonds. The van der Waals surface area contributed by atoms with Gasteiger partial charge in [0.25, 0.3) is 0 Å². The second-order valence-corrected chi connectivity index (χ2v) is 6.17. The highest BCUT2D eigenvalue weighted by atomic mass is 16.2. The fourth-order valence-corrected chi connectivity index (χ4v) is 3.26. The molecule has 4 heteroatoms. The number of likely N-dealkylation sites (tertiary alicyclic amines) is 1. The minimum absolute atomic E-state index is 0.0429. The Balaban J connectivity index is 1.81. The van der Waals surface area contributed by atoms with Crippen molar-refractivity contribution in [2.75, 3.05) is 18.4 Å². The van der Waals surface area contributed by atoms with E-state index >= 15 is 0 Å². The molecule has 3 N–H and O–H groups in total. The maximum absolute atomic E-state index is 12.6. The van der Waals surface area contributed by atoms with Gasteiger partial charge in [0.2, 0.25) is 0 Å². The number of nitrogens with two attached hydrogens (primary N) is 1. The van der Waals surface area contributed by atoms with Crippen molar-refractivity contribution in [1.29, 1.82) is 0 Å². The molecule has 116 valence electrons. The lowest BCUT2D eigenvalue weighted by Gasteiger charge is -2.37. The molecule has 1 aliphatic rings. The molecular weight excluding hydrogens is 274 g/mol. The number of piperidine rings is 1. The van der Waals surface area contributed by atoms with Gasteiger partial charge in [-0.15, -0.1) is 0 Å². The molecule has 0 aromatic heterocycles. The van der Waals surface area contributed by atoms with Crippen molar-refractivity contribution in [3.05, 3.63) is 42.5 Å². The molecule has 2 unspecified atom stereocenters. The Bertz CT molecular complexity index is 665. The number of hydrogen-bond donors (Lipinski definition) is 2. The van der Waals surface area contributed by atoms with Crippen LogP contribution in [0.15, 0.2) is 42.5 Å². The molecule has 0 spiro atoms. The van der Waals surface area contributed by atoms with Gasteiger partial charge in [0.05, 0.1) is 5.69 Å². The van der Waals surface area contributed by atoms with Crippen molar-refractivity contribution >= 4 is 22.5 Å². The van der Waals surface area contributed by atoms with Crippen molar-refractivity contribution in [1.82, 2.24) is 4.90 Å². The zero-order valence-corrected chi connectivity index (χ0v) is 13.0. The van der Waals surface area contributed by atoms with E-state index in [2.05, 4.69) is 24.4 Å². The van der Waals surface area contributed by atoms with Crippen LogP contribution in [0.25, 0.3) is 10.8 Å². The number of hydrogen-bond acceptors (Lipinski definition) is 2. The molecule has 2 aromatic carbocycles. The summed E-state index contributed by atoms with van der Waals surface area (Å²) < 4.78 is 0. The Labute approximate surface area is 131 Å². The second kappa shape index (κ2) is 6.36. The summed E-state index contributed by atoms with van der Waals surface area (Å²) in [7, 11) is 0. The summed E-state index contributed by atoms with van der Waals surface area (Å²) in [6, 6.07) is 14.1. The first kappa shape index (κ1) is 14.9. The summed E-state index contributed by atoms with van der Waals surface area (Å²) in [5.74, 6) is 0.634. The minimum Gasteiger partial charge on any atom is -0.328 e.